The standard InChI is InChI=1S/C28H34N4O5/c1-19(34)27(25(35)18-33)30-28(37)22-10-6-20(7-11-22)4-5-21-8-12-23(13-9-21)29-26(36)17-32-15-14-24(16-32)31(2)3/h6-13,19,24,27,33-34H,14-18H2,1-3H3,(H,29,36)(H,30,37)/t19-,24-,27+/m1/s1. The third kappa shape index (κ3) is 8.23. The van der Waals surface area contributed by atoms with Gasteiger partial charge in [-0.1, -0.05) is 11.8 Å². The summed E-state index contributed by atoms with van der Waals surface area (Å²) in [6.45, 7) is 2.78. The SMILES string of the molecule is C[C@@H](O)[C@H](NC(=O)c1ccc(C#Cc2ccc(NC(=O)CN3CC[C@@H](N(C)C)C3)cc2)cc1)C(=O)CO. The number of likely N-dealkylation sites (N-methyl/N-ethyl adjacent to an activating group) is 1. The fourth-order valence-electron chi connectivity index (χ4n) is 4.06. The van der Waals surface area contributed by atoms with Crippen LogP contribution in [0.4, 0.5) is 5.69 Å². The summed E-state index contributed by atoms with van der Waals surface area (Å²) in [6, 6.07) is 13.1. The van der Waals surface area contributed by atoms with E-state index in [9.17, 15) is 19.5 Å². The van der Waals surface area contributed by atoms with Crippen LogP contribution >= 0.6 is 0 Å². The van der Waals surface area contributed by atoms with Gasteiger partial charge in [0.25, 0.3) is 5.91 Å². The van der Waals surface area contributed by atoms with Crippen LogP contribution in [-0.2, 0) is 9.59 Å². The molecule has 2 aromatic carbocycles. The van der Waals surface area contributed by atoms with Crippen LogP contribution in [0.3, 0.4) is 0 Å². The van der Waals surface area contributed by atoms with E-state index >= 15 is 0 Å². The van der Waals surface area contributed by atoms with Crippen molar-refractivity contribution in [3.8, 4) is 11.8 Å². The summed E-state index contributed by atoms with van der Waals surface area (Å²) in [4.78, 5) is 40.8. The third-order valence-electron chi connectivity index (χ3n) is 6.28. The number of benzene rings is 2. The van der Waals surface area contributed by atoms with Gasteiger partial charge in [0.15, 0.2) is 5.78 Å². The maximum Gasteiger partial charge on any atom is 0.251 e. The van der Waals surface area contributed by atoms with Crippen LogP contribution in [0.5, 0.6) is 0 Å². The molecule has 37 heavy (non-hydrogen) atoms. The molecule has 0 aromatic heterocycles. The highest BCUT2D eigenvalue weighted by Crippen LogP contribution is 2.14. The molecule has 1 fully saturated rings. The molecule has 2 aromatic rings. The molecular weight excluding hydrogens is 472 g/mol. The van der Waals surface area contributed by atoms with E-state index in [0.29, 0.717) is 29.4 Å². The largest absolute Gasteiger partial charge is 0.391 e. The topological polar surface area (TPSA) is 122 Å². The molecule has 0 bridgehead atoms. The van der Waals surface area contributed by atoms with Crippen molar-refractivity contribution in [1.29, 1.82) is 0 Å². The third-order valence-corrected chi connectivity index (χ3v) is 6.28. The molecular formula is C28H34N4O5. The van der Waals surface area contributed by atoms with E-state index in [0.717, 1.165) is 25.1 Å². The number of nitrogens with zero attached hydrogens (tertiary/aromatic N) is 2. The van der Waals surface area contributed by atoms with Gasteiger partial charge in [-0.15, -0.1) is 0 Å². The van der Waals surface area contributed by atoms with E-state index in [4.69, 9.17) is 5.11 Å². The zero-order valence-corrected chi connectivity index (χ0v) is 21.4. The Hall–Kier alpha value is -3.55. The lowest BCUT2D eigenvalue weighted by Crippen LogP contribution is -2.48. The van der Waals surface area contributed by atoms with Gasteiger partial charge >= 0.3 is 0 Å². The highest BCUT2D eigenvalue weighted by atomic mass is 16.3. The minimum absolute atomic E-state index is 0.0390. The number of nitrogens with one attached hydrogen (secondary N) is 2. The number of likely N-dealkylation sites (tertiary alicyclic amines) is 1. The Balaban J connectivity index is 1.53. The first-order valence-electron chi connectivity index (χ1n) is 12.2. The number of amides is 2. The van der Waals surface area contributed by atoms with Crippen LogP contribution in [0, 0.1) is 11.8 Å². The Kier molecular flexibility index (Phi) is 9.94. The molecule has 0 radical (unpaired) electrons. The number of Topliss-reactive ketones (excluding diaryl/α,β-unsaturated/α-hetero) is 1. The molecule has 1 saturated heterocycles. The number of aliphatic hydroxyl groups is 2. The molecule has 1 aliphatic heterocycles. The second-order valence-corrected chi connectivity index (χ2v) is 9.41. The van der Waals surface area contributed by atoms with Crippen molar-refractivity contribution in [2.75, 3.05) is 45.7 Å². The highest BCUT2D eigenvalue weighted by Gasteiger charge is 2.26. The zero-order valence-electron chi connectivity index (χ0n) is 21.4. The normalized spacial score (nSPS) is 17.0. The summed E-state index contributed by atoms with van der Waals surface area (Å²) >= 11 is 0. The summed E-state index contributed by atoms with van der Waals surface area (Å²) in [5.74, 6) is 4.84. The van der Waals surface area contributed by atoms with Gasteiger partial charge in [-0.3, -0.25) is 19.3 Å². The van der Waals surface area contributed by atoms with Crippen molar-refractivity contribution in [2.45, 2.75) is 31.5 Å². The molecule has 1 heterocycles. The van der Waals surface area contributed by atoms with Crippen molar-refractivity contribution in [2.24, 2.45) is 0 Å². The lowest BCUT2D eigenvalue weighted by molar-refractivity contribution is -0.126. The smallest absolute Gasteiger partial charge is 0.251 e. The summed E-state index contributed by atoms with van der Waals surface area (Å²) in [6.07, 6.45) is -0.0621. The van der Waals surface area contributed by atoms with E-state index in [2.05, 4.69) is 46.4 Å². The van der Waals surface area contributed by atoms with Gasteiger partial charge in [0.1, 0.15) is 12.6 Å². The summed E-state index contributed by atoms with van der Waals surface area (Å²) in [5.41, 5.74) is 2.47. The van der Waals surface area contributed by atoms with Gasteiger partial charge in [-0.25, -0.2) is 0 Å². The first-order chi connectivity index (χ1) is 17.7. The van der Waals surface area contributed by atoms with Crippen LogP contribution in [0.2, 0.25) is 0 Å². The molecule has 4 N–H and O–H groups in total. The fraction of sp³-hybridized carbons (Fsp3) is 0.393. The van der Waals surface area contributed by atoms with Gasteiger partial charge < -0.3 is 25.7 Å². The minimum Gasteiger partial charge on any atom is -0.391 e. The Morgan fingerprint density at radius 3 is 2.16 bits per heavy atom. The predicted molar refractivity (Wildman–Crippen MR) is 141 cm³/mol. The van der Waals surface area contributed by atoms with Crippen molar-refractivity contribution < 1.29 is 24.6 Å². The van der Waals surface area contributed by atoms with Crippen molar-refractivity contribution >= 4 is 23.3 Å². The Bertz CT molecular complexity index is 1150. The van der Waals surface area contributed by atoms with E-state index in [1.807, 2.05) is 24.3 Å². The number of carbonyl (C=O) groups is 3. The average Bonchev–Trinajstić information content (AvgIpc) is 3.35. The van der Waals surface area contributed by atoms with Gasteiger partial charge in [0.05, 0.1) is 12.6 Å². The molecule has 2 amide bonds. The van der Waals surface area contributed by atoms with Gasteiger partial charge in [0.2, 0.25) is 5.91 Å². The Morgan fingerprint density at radius 1 is 1.05 bits per heavy atom. The van der Waals surface area contributed by atoms with Crippen LogP contribution in [0.15, 0.2) is 48.5 Å². The second kappa shape index (κ2) is 13.1. The molecule has 0 saturated carbocycles. The maximum atomic E-state index is 12.4. The molecule has 0 spiro atoms. The molecule has 0 unspecified atom stereocenters. The van der Waals surface area contributed by atoms with Crippen molar-refractivity contribution in [3.63, 3.8) is 0 Å². The number of hydrogen-bond donors (Lipinski definition) is 4. The molecule has 3 atom stereocenters. The van der Waals surface area contributed by atoms with E-state index in [-0.39, 0.29) is 5.91 Å². The molecule has 0 aliphatic carbocycles. The molecule has 9 nitrogen and oxygen atoms in total. The summed E-state index contributed by atoms with van der Waals surface area (Å²) < 4.78 is 0. The number of carbonyl (C=O) groups excluding carboxylic acids is 3. The predicted octanol–water partition coefficient (Wildman–Crippen LogP) is 0.701. The van der Waals surface area contributed by atoms with Gasteiger partial charge in [-0.05, 0) is 76.0 Å². The lowest BCUT2D eigenvalue weighted by Gasteiger charge is -2.20. The number of anilines is 1. The number of ketones is 1. The van der Waals surface area contributed by atoms with Crippen LogP contribution in [0.25, 0.3) is 0 Å². The van der Waals surface area contributed by atoms with Crippen LogP contribution < -0.4 is 10.6 Å². The Labute approximate surface area is 217 Å². The molecule has 3 rings (SSSR count). The van der Waals surface area contributed by atoms with E-state index in [1.54, 1.807) is 24.3 Å². The van der Waals surface area contributed by atoms with E-state index in [1.165, 1.54) is 6.92 Å². The molecule has 196 valence electrons. The highest BCUT2D eigenvalue weighted by molar-refractivity contribution is 5.98. The zero-order chi connectivity index (χ0) is 26.9. The number of rotatable bonds is 9. The molecule has 9 heteroatoms. The van der Waals surface area contributed by atoms with Crippen LogP contribution in [0.1, 0.15) is 34.8 Å². The Morgan fingerprint density at radius 2 is 1.65 bits per heavy atom. The average molecular weight is 507 g/mol. The summed E-state index contributed by atoms with van der Waals surface area (Å²) in [5, 5.41) is 24.1. The first kappa shape index (κ1) is 28.0. The van der Waals surface area contributed by atoms with Gasteiger partial charge in [0, 0.05) is 41.5 Å². The quantitative estimate of drug-likeness (QED) is 0.370. The van der Waals surface area contributed by atoms with Gasteiger partial charge in [-0.2, -0.15) is 0 Å². The van der Waals surface area contributed by atoms with Crippen molar-refractivity contribution in [3.05, 3.63) is 65.2 Å². The van der Waals surface area contributed by atoms with E-state index < -0.39 is 30.4 Å². The van der Waals surface area contributed by atoms with Crippen LogP contribution in [-0.4, -0.2) is 96.1 Å². The summed E-state index contributed by atoms with van der Waals surface area (Å²) in [7, 11) is 4.12. The minimum atomic E-state index is -1.18. The fourth-order valence-corrected chi connectivity index (χ4v) is 4.06. The lowest BCUT2D eigenvalue weighted by atomic mass is 10.1. The maximum absolute atomic E-state index is 12.4. The van der Waals surface area contributed by atoms with Crippen molar-refractivity contribution in [1.82, 2.24) is 15.1 Å². The monoisotopic (exact) mass is 506 g/mol. The molecule has 1 aliphatic rings. The number of aliphatic hydroxyl groups excluding tert-OH is 2. The second-order valence-electron chi connectivity index (χ2n) is 9.41. The number of hydrogen-bond acceptors (Lipinski definition) is 7. The first-order valence-corrected chi connectivity index (χ1v) is 12.2.